The van der Waals surface area contributed by atoms with E-state index in [-0.39, 0.29) is 12.5 Å². The lowest BCUT2D eigenvalue weighted by atomic mass is 10.2. The Hall–Kier alpha value is -2.61. The molecule has 0 saturated carbocycles. The second-order valence-corrected chi connectivity index (χ2v) is 5.94. The zero-order valence-corrected chi connectivity index (χ0v) is 14.7. The maximum atomic E-state index is 12.2. The van der Waals surface area contributed by atoms with Crippen LogP contribution in [0.15, 0.2) is 18.2 Å². The minimum absolute atomic E-state index is 0.247. The van der Waals surface area contributed by atoms with Crippen molar-refractivity contribution in [3.8, 4) is 0 Å². The summed E-state index contributed by atoms with van der Waals surface area (Å²) in [6, 6.07) is 4.66. The molecule has 4 amide bonds. The number of nitrogens with zero attached hydrogens (tertiary/aromatic N) is 2. The molecule has 2 rings (SSSR count). The van der Waals surface area contributed by atoms with Gasteiger partial charge in [0.1, 0.15) is 6.54 Å². The molecule has 1 aliphatic rings. The Balaban J connectivity index is 2.02. The minimum atomic E-state index is -0.693. The van der Waals surface area contributed by atoms with E-state index in [0.29, 0.717) is 36.0 Å². The van der Waals surface area contributed by atoms with Crippen LogP contribution in [0.25, 0.3) is 0 Å². The van der Waals surface area contributed by atoms with Crippen LogP contribution < -0.4 is 10.6 Å². The first-order valence-electron chi connectivity index (χ1n) is 7.77. The molecule has 1 fully saturated rings. The molecule has 1 aliphatic heterocycles. The molecule has 25 heavy (non-hydrogen) atoms. The Labute approximate surface area is 150 Å². The zero-order valence-electron chi connectivity index (χ0n) is 14.0. The number of nitrogens with one attached hydrogen (secondary N) is 2. The average molecular weight is 367 g/mol. The van der Waals surface area contributed by atoms with E-state index in [1.165, 1.54) is 28.9 Å². The van der Waals surface area contributed by atoms with Crippen molar-refractivity contribution < 1.29 is 19.2 Å². The Kier molecular flexibility index (Phi) is 5.97. The molecule has 0 aliphatic carbocycles. The molecule has 1 heterocycles. The van der Waals surface area contributed by atoms with Crippen LogP contribution in [0.1, 0.15) is 13.8 Å². The van der Waals surface area contributed by atoms with Gasteiger partial charge < -0.3 is 20.4 Å². The number of hydrogen-bond acceptors (Lipinski definition) is 4. The molecule has 0 atom stereocenters. The third kappa shape index (κ3) is 4.69. The van der Waals surface area contributed by atoms with Crippen molar-refractivity contribution in [1.29, 1.82) is 0 Å². The first-order chi connectivity index (χ1) is 11.8. The molecule has 0 aromatic heterocycles. The number of hydrogen-bond donors (Lipinski definition) is 2. The normalized spacial score (nSPS) is 14.5. The van der Waals surface area contributed by atoms with E-state index in [9.17, 15) is 19.2 Å². The molecule has 1 saturated heterocycles. The van der Waals surface area contributed by atoms with Crippen molar-refractivity contribution in [2.45, 2.75) is 13.8 Å². The van der Waals surface area contributed by atoms with E-state index in [0.717, 1.165) is 0 Å². The van der Waals surface area contributed by atoms with Crippen molar-refractivity contribution in [2.75, 3.05) is 36.8 Å². The maximum absolute atomic E-state index is 12.2. The Bertz CT molecular complexity index is 722. The fraction of sp³-hybridized carbons (Fsp3) is 0.375. The molecule has 0 bridgehead atoms. The molecule has 8 nitrogen and oxygen atoms in total. The van der Waals surface area contributed by atoms with E-state index in [2.05, 4.69) is 10.6 Å². The largest absolute Gasteiger partial charge is 0.333 e. The lowest BCUT2D eigenvalue weighted by Crippen LogP contribution is -2.55. The lowest BCUT2D eigenvalue weighted by Gasteiger charge is -2.32. The van der Waals surface area contributed by atoms with Crippen LogP contribution in [-0.2, 0) is 19.2 Å². The van der Waals surface area contributed by atoms with Crippen LogP contribution in [0, 0.1) is 0 Å². The summed E-state index contributed by atoms with van der Waals surface area (Å²) in [5.41, 5.74) is 0.791. The van der Waals surface area contributed by atoms with E-state index in [1.807, 2.05) is 0 Å². The summed E-state index contributed by atoms with van der Waals surface area (Å²) >= 11 is 6.04. The van der Waals surface area contributed by atoms with Crippen LogP contribution >= 0.6 is 11.6 Å². The van der Waals surface area contributed by atoms with E-state index in [4.69, 9.17) is 11.6 Å². The summed E-state index contributed by atoms with van der Waals surface area (Å²) in [5.74, 6) is -2.03. The molecule has 1 aromatic rings. The Morgan fingerprint density at radius 2 is 1.76 bits per heavy atom. The van der Waals surface area contributed by atoms with Crippen LogP contribution in [0.2, 0.25) is 5.02 Å². The Morgan fingerprint density at radius 3 is 2.40 bits per heavy atom. The highest BCUT2D eigenvalue weighted by Gasteiger charge is 2.32. The van der Waals surface area contributed by atoms with Crippen molar-refractivity contribution in [1.82, 2.24) is 9.80 Å². The summed E-state index contributed by atoms with van der Waals surface area (Å²) in [6.07, 6.45) is 0. The first kappa shape index (κ1) is 18.7. The summed E-state index contributed by atoms with van der Waals surface area (Å²) in [7, 11) is 0. The SMILES string of the molecule is CCN1CCN(CC(=O)Nc2cc(NC(C)=O)ccc2Cl)C(=O)C1=O. The smallest absolute Gasteiger partial charge is 0.312 e. The predicted molar refractivity (Wildman–Crippen MR) is 93.2 cm³/mol. The number of halogens is 1. The van der Waals surface area contributed by atoms with Crippen molar-refractivity contribution in [3.63, 3.8) is 0 Å². The number of benzene rings is 1. The van der Waals surface area contributed by atoms with E-state index in [1.54, 1.807) is 13.0 Å². The molecule has 134 valence electrons. The van der Waals surface area contributed by atoms with Crippen LogP contribution in [-0.4, -0.2) is 59.6 Å². The topological polar surface area (TPSA) is 98.8 Å². The Morgan fingerprint density at radius 1 is 1.12 bits per heavy atom. The highest BCUT2D eigenvalue weighted by molar-refractivity contribution is 6.36. The van der Waals surface area contributed by atoms with E-state index < -0.39 is 17.7 Å². The minimum Gasteiger partial charge on any atom is -0.333 e. The van der Waals surface area contributed by atoms with E-state index >= 15 is 0 Å². The van der Waals surface area contributed by atoms with Gasteiger partial charge in [0, 0.05) is 32.2 Å². The van der Waals surface area contributed by atoms with Crippen LogP contribution in [0.4, 0.5) is 11.4 Å². The second-order valence-electron chi connectivity index (χ2n) is 5.54. The quantitative estimate of drug-likeness (QED) is 0.757. The number of carbonyl (C=O) groups excluding carboxylic acids is 4. The molecule has 0 unspecified atom stereocenters. The third-order valence-electron chi connectivity index (χ3n) is 3.67. The highest BCUT2D eigenvalue weighted by atomic mass is 35.5. The molecule has 0 spiro atoms. The molecular weight excluding hydrogens is 348 g/mol. The summed E-state index contributed by atoms with van der Waals surface area (Å²) in [5, 5.41) is 5.47. The molecule has 1 aromatic carbocycles. The number of likely N-dealkylation sites (N-methyl/N-ethyl adjacent to an activating group) is 1. The van der Waals surface area contributed by atoms with Gasteiger partial charge in [0.05, 0.1) is 10.7 Å². The molecule has 9 heteroatoms. The van der Waals surface area contributed by atoms with Gasteiger partial charge >= 0.3 is 11.8 Å². The maximum Gasteiger partial charge on any atom is 0.312 e. The second kappa shape index (κ2) is 7.98. The van der Waals surface area contributed by atoms with Gasteiger partial charge in [-0.2, -0.15) is 0 Å². The van der Waals surface area contributed by atoms with Gasteiger partial charge in [-0.15, -0.1) is 0 Å². The summed E-state index contributed by atoms with van der Waals surface area (Å²) in [4.78, 5) is 49.8. The van der Waals surface area contributed by atoms with Gasteiger partial charge in [-0.3, -0.25) is 19.2 Å². The lowest BCUT2D eigenvalue weighted by molar-refractivity contribution is -0.156. The van der Waals surface area contributed by atoms with Gasteiger partial charge in [0.25, 0.3) is 0 Å². The molecular formula is C16H19ClN4O4. The predicted octanol–water partition coefficient (Wildman–Crippen LogP) is 0.928. The number of carbonyl (C=O) groups is 4. The van der Waals surface area contributed by atoms with Crippen LogP contribution in [0.5, 0.6) is 0 Å². The monoisotopic (exact) mass is 366 g/mol. The average Bonchev–Trinajstić information content (AvgIpc) is 2.55. The third-order valence-corrected chi connectivity index (χ3v) is 4.00. The van der Waals surface area contributed by atoms with Crippen molar-refractivity contribution >= 4 is 46.6 Å². The van der Waals surface area contributed by atoms with Crippen molar-refractivity contribution in [2.24, 2.45) is 0 Å². The van der Waals surface area contributed by atoms with Gasteiger partial charge in [-0.25, -0.2) is 0 Å². The van der Waals surface area contributed by atoms with Gasteiger partial charge in [0.15, 0.2) is 0 Å². The number of rotatable bonds is 5. The fourth-order valence-electron chi connectivity index (χ4n) is 2.43. The number of anilines is 2. The fourth-order valence-corrected chi connectivity index (χ4v) is 2.60. The van der Waals surface area contributed by atoms with Gasteiger partial charge in [0.2, 0.25) is 11.8 Å². The van der Waals surface area contributed by atoms with Crippen molar-refractivity contribution in [3.05, 3.63) is 23.2 Å². The molecule has 2 N–H and O–H groups in total. The zero-order chi connectivity index (χ0) is 18.6. The van der Waals surface area contributed by atoms with Gasteiger partial charge in [-0.05, 0) is 25.1 Å². The summed E-state index contributed by atoms with van der Waals surface area (Å²) < 4.78 is 0. The molecule has 0 radical (unpaired) electrons. The van der Waals surface area contributed by atoms with Crippen LogP contribution in [0.3, 0.4) is 0 Å². The number of amides is 4. The van der Waals surface area contributed by atoms with Gasteiger partial charge in [-0.1, -0.05) is 11.6 Å². The number of piperazine rings is 1. The highest BCUT2D eigenvalue weighted by Crippen LogP contribution is 2.25. The first-order valence-corrected chi connectivity index (χ1v) is 8.14. The summed E-state index contributed by atoms with van der Waals surface area (Å²) in [6.45, 7) is 4.06. The standard InChI is InChI=1S/C16H19ClN4O4/c1-3-20-6-7-21(16(25)15(20)24)9-14(23)19-13-8-11(18-10(2)22)4-5-12(13)17/h4-5,8H,3,6-7,9H2,1-2H3,(H,18,22)(H,19,23).